The van der Waals surface area contributed by atoms with Crippen LogP contribution >= 0.6 is 22.9 Å². The predicted molar refractivity (Wildman–Crippen MR) is 112 cm³/mol. The van der Waals surface area contributed by atoms with E-state index in [4.69, 9.17) is 21.8 Å². The zero-order valence-electron chi connectivity index (χ0n) is 15.7. The summed E-state index contributed by atoms with van der Waals surface area (Å²) < 4.78 is 7.26. The summed E-state index contributed by atoms with van der Waals surface area (Å²) in [7, 11) is 0. The van der Waals surface area contributed by atoms with Crippen LogP contribution < -0.4 is 11.1 Å². The van der Waals surface area contributed by atoms with Crippen LogP contribution in [0.2, 0.25) is 5.02 Å². The van der Waals surface area contributed by atoms with E-state index in [9.17, 15) is 9.59 Å². The molecular formula is C20H21ClN4O3S. The second-order valence-electron chi connectivity index (χ2n) is 7.06. The van der Waals surface area contributed by atoms with Crippen molar-refractivity contribution in [2.24, 2.45) is 5.73 Å². The Morgan fingerprint density at radius 2 is 2.03 bits per heavy atom. The summed E-state index contributed by atoms with van der Waals surface area (Å²) in [6, 6.07) is 3.32. The number of carbonyl (C=O) groups is 2. The normalized spacial score (nSPS) is 14.1. The van der Waals surface area contributed by atoms with Gasteiger partial charge >= 0.3 is 0 Å². The molecule has 4 rings (SSSR count). The lowest BCUT2D eigenvalue weighted by Gasteiger charge is -2.10. The number of furan rings is 1. The van der Waals surface area contributed by atoms with Crippen molar-refractivity contribution in [3.63, 3.8) is 0 Å². The summed E-state index contributed by atoms with van der Waals surface area (Å²) in [5, 5.41) is 7.95. The summed E-state index contributed by atoms with van der Waals surface area (Å²) in [6.07, 6.45) is 9.36. The molecule has 1 aliphatic carbocycles. The number of fused-ring (bicyclic) bond motifs is 1. The summed E-state index contributed by atoms with van der Waals surface area (Å²) in [6.45, 7) is 0.361. The molecule has 3 heterocycles. The van der Waals surface area contributed by atoms with Crippen LogP contribution in [0.15, 0.2) is 28.9 Å². The molecule has 9 heteroatoms. The number of nitrogens with two attached hydrogens (primary N) is 1. The van der Waals surface area contributed by atoms with Crippen LogP contribution in [0.25, 0.3) is 0 Å². The van der Waals surface area contributed by atoms with Gasteiger partial charge in [-0.3, -0.25) is 14.3 Å². The van der Waals surface area contributed by atoms with Crippen LogP contribution in [0.3, 0.4) is 0 Å². The summed E-state index contributed by atoms with van der Waals surface area (Å²) in [5.41, 5.74) is 7.09. The summed E-state index contributed by atoms with van der Waals surface area (Å²) in [4.78, 5) is 26.0. The monoisotopic (exact) mass is 432 g/mol. The van der Waals surface area contributed by atoms with Gasteiger partial charge in [-0.25, -0.2) is 0 Å². The first-order chi connectivity index (χ1) is 14.0. The van der Waals surface area contributed by atoms with Crippen LogP contribution in [0, 0.1) is 0 Å². The number of nitrogens with one attached hydrogen (secondary N) is 1. The Bertz CT molecular complexity index is 1050. The molecule has 0 bridgehead atoms. The van der Waals surface area contributed by atoms with Crippen molar-refractivity contribution in [2.75, 3.05) is 5.32 Å². The van der Waals surface area contributed by atoms with E-state index in [0.717, 1.165) is 42.5 Å². The number of halogens is 1. The Kier molecular flexibility index (Phi) is 5.73. The quantitative estimate of drug-likeness (QED) is 0.628. The van der Waals surface area contributed by atoms with E-state index in [1.807, 2.05) is 0 Å². The Morgan fingerprint density at radius 3 is 2.76 bits per heavy atom. The van der Waals surface area contributed by atoms with Crippen LogP contribution in [0.5, 0.6) is 0 Å². The summed E-state index contributed by atoms with van der Waals surface area (Å²) >= 11 is 7.31. The minimum atomic E-state index is -0.505. The average molecular weight is 433 g/mol. The molecule has 0 unspecified atom stereocenters. The van der Waals surface area contributed by atoms with Crippen molar-refractivity contribution in [1.29, 1.82) is 0 Å². The van der Waals surface area contributed by atoms with Gasteiger partial charge in [-0.05, 0) is 43.4 Å². The molecule has 152 valence electrons. The highest BCUT2D eigenvalue weighted by Crippen LogP contribution is 2.37. The fourth-order valence-electron chi connectivity index (χ4n) is 3.60. The van der Waals surface area contributed by atoms with Gasteiger partial charge < -0.3 is 15.5 Å². The van der Waals surface area contributed by atoms with Crippen LogP contribution in [-0.4, -0.2) is 21.6 Å². The number of aromatic nitrogens is 2. The van der Waals surface area contributed by atoms with Gasteiger partial charge in [0.05, 0.1) is 23.3 Å². The third kappa shape index (κ3) is 4.38. The molecule has 7 nitrogen and oxygen atoms in total. The van der Waals surface area contributed by atoms with Gasteiger partial charge in [-0.15, -0.1) is 11.3 Å². The molecule has 2 amide bonds. The molecular weight excluding hydrogens is 412 g/mol. The number of hydrogen-bond acceptors (Lipinski definition) is 5. The van der Waals surface area contributed by atoms with Crippen LogP contribution in [0.1, 0.15) is 62.8 Å². The first kappa shape index (κ1) is 19.7. The largest absolute Gasteiger partial charge is 0.454 e. The number of primary amides is 1. The van der Waals surface area contributed by atoms with E-state index in [1.54, 1.807) is 23.0 Å². The number of carbonyl (C=O) groups excluding carboxylic acids is 2. The number of rotatable bonds is 5. The molecule has 0 aliphatic heterocycles. The van der Waals surface area contributed by atoms with Crippen molar-refractivity contribution >= 4 is 39.8 Å². The fourth-order valence-corrected chi connectivity index (χ4v) is 5.05. The van der Waals surface area contributed by atoms with E-state index in [-0.39, 0.29) is 5.76 Å². The molecule has 3 aromatic rings. The highest BCUT2D eigenvalue weighted by atomic mass is 35.5. The number of anilines is 1. The zero-order chi connectivity index (χ0) is 20.4. The van der Waals surface area contributed by atoms with Crippen molar-refractivity contribution < 1.29 is 14.0 Å². The second kappa shape index (κ2) is 8.42. The predicted octanol–water partition coefficient (Wildman–Crippen LogP) is 4.25. The highest BCUT2D eigenvalue weighted by Gasteiger charge is 2.24. The summed E-state index contributed by atoms with van der Waals surface area (Å²) in [5.74, 6) is -0.182. The number of aryl methyl sites for hydroxylation is 1. The maximum absolute atomic E-state index is 12.7. The van der Waals surface area contributed by atoms with Gasteiger partial charge in [-0.2, -0.15) is 5.10 Å². The SMILES string of the molecule is NC(=O)c1c(NC(=O)c2ccc(Cn3cc(Cl)cn3)o2)sc2c1CCCCCC2. The van der Waals surface area contributed by atoms with Gasteiger partial charge in [0.2, 0.25) is 0 Å². The van der Waals surface area contributed by atoms with Crippen molar-refractivity contribution in [2.45, 2.75) is 45.1 Å². The molecule has 3 N–H and O–H groups in total. The Hall–Kier alpha value is -2.58. The second-order valence-corrected chi connectivity index (χ2v) is 8.60. The Balaban J connectivity index is 1.54. The molecule has 0 saturated heterocycles. The Labute approximate surface area is 176 Å². The van der Waals surface area contributed by atoms with Crippen LogP contribution in [-0.2, 0) is 19.4 Å². The van der Waals surface area contributed by atoms with E-state index in [2.05, 4.69) is 10.4 Å². The third-order valence-electron chi connectivity index (χ3n) is 4.95. The minimum absolute atomic E-state index is 0.162. The number of amides is 2. The number of hydrogen-bond donors (Lipinski definition) is 2. The molecule has 1 aliphatic rings. The molecule has 0 aromatic carbocycles. The van der Waals surface area contributed by atoms with Gasteiger partial charge in [0.1, 0.15) is 10.8 Å². The lowest BCUT2D eigenvalue weighted by atomic mass is 9.96. The van der Waals surface area contributed by atoms with Gasteiger partial charge in [0.15, 0.2) is 5.76 Å². The molecule has 3 aromatic heterocycles. The van der Waals surface area contributed by atoms with E-state index < -0.39 is 11.8 Å². The van der Waals surface area contributed by atoms with Gasteiger partial charge in [0.25, 0.3) is 11.8 Å². The maximum atomic E-state index is 12.7. The lowest BCUT2D eigenvalue weighted by molar-refractivity contribution is 0.0995. The van der Waals surface area contributed by atoms with Crippen molar-refractivity contribution in [3.8, 4) is 0 Å². The first-order valence-corrected chi connectivity index (χ1v) is 10.7. The topological polar surface area (TPSA) is 103 Å². The molecule has 0 radical (unpaired) electrons. The van der Waals surface area contributed by atoms with E-state index in [0.29, 0.717) is 27.9 Å². The van der Waals surface area contributed by atoms with Gasteiger partial charge in [-0.1, -0.05) is 24.4 Å². The van der Waals surface area contributed by atoms with Gasteiger partial charge in [0, 0.05) is 11.1 Å². The first-order valence-electron chi connectivity index (χ1n) is 9.53. The fraction of sp³-hybridized carbons (Fsp3) is 0.350. The highest BCUT2D eigenvalue weighted by molar-refractivity contribution is 7.17. The lowest BCUT2D eigenvalue weighted by Crippen LogP contribution is -2.18. The molecule has 0 atom stereocenters. The smallest absolute Gasteiger partial charge is 0.291 e. The van der Waals surface area contributed by atoms with Crippen molar-refractivity contribution in [3.05, 3.63) is 57.1 Å². The minimum Gasteiger partial charge on any atom is -0.454 e. The Morgan fingerprint density at radius 1 is 1.24 bits per heavy atom. The van der Waals surface area contributed by atoms with Crippen molar-refractivity contribution in [1.82, 2.24) is 9.78 Å². The zero-order valence-corrected chi connectivity index (χ0v) is 17.3. The number of thiophene rings is 1. The molecule has 0 saturated carbocycles. The third-order valence-corrected chi connectivity index (χ3v) is 6.35. The van der Waals surface area contributed by atoms with E-state index in [1.165, 1.54) is 24.0 Å². The standard InChI is InChI=1S/C20H21ClN4O3S/c21-12-9-23-25(10-12)11-13-7-8-15(28-13)19(27)24-20-17(18(22)26)14-5-3-1-2-4-6-16(14)29-20/h7-10H,1-6,11H2,(H2,22,26)(H,24,27). The number of nitrogens with zero attached hydrogens (tertiary/aromatic N) is 2. The van der Waals surface area contributed by atoms with E-state index >= 15 is 0 Å². The van der Waals surface area contributed by atoms with Crippen LogP contribution in [0.4, 0.5) is 5.00 Å². The molecule has 0 spiro atoms. The average Bonchev–Trinajstić information content (AvgIpc) is 3.35. The molecule has 29 heavy (non-hydrogen) atoms. The molecule has 0 fully saturated rings. The maximum Gasteiger partial charge on any atom is 0.291 e.